The molecule has 25 heavy (non-hydrogen) atoms. The fourth-order valence-electron chi connectivity index (χ4n) is 1.88. The molecule has 0 amide bonds. The van der Waals surface area contributed by atoms with Crippen LogP contribution in [0.5, 0.6) is 0 Å². The molecule has 0 bridgehead atoms. The van der Waals surface area contributed by atoms with E-state index in [1.54, 1.807) is 0 Å². The molecule has 8 heteroatoms. The van der Waals surface area contributed by atoms with Gasteiger partial charge in [0.1, 0.15) is 9.84 Å². The molecule has 0 aromatic heterocycles. The molecule has 0 heterocycles. The van der Waals surface area contributed by atoms with Gasteiger partial charge in [0.25, 0.3) is 0 Å². The van der Waals surface area contributed by atoms with E-state index < -0.39 is 9.84 Å². The molecule has 0 atom stereocenters. The number of ether oxygens (including phenoxy) is 2. The molecule has 0 fully saturated rings. The molecule has 0 aliphatic carbocycles. The van der Waals surface area contributed by atoms with Gasteiger partial charge in [-0.25, -0.2) is 8.42 Å². The van der Waals surface area contributed by atoms with E-state index in [2.05, 4.69) is 15.6 Å². The highest BCUT2D eigenvalue weighted by Gasteiger charge is 2.01. The van der Waals surface area contributed by atoms with E-state index in [0.717, 1.165) is 12.1 Å². The normalized spacial score (nSPS) is 12.2. The largest absolute Gasteiger partial charge is 0.378 e. The third-order valence-electron chi connectivity index (χ3n) is 3.10. The number of rotatable bonds is 12. The van der Waals surface area contributed by atoms with Gasteiger partial charge in [-0.2, -0.15) is 0 Å². The van der Waals surface area contributed by atoms with Gasteiger partial charge in [-0.15, -0.1) is 0 Å². The summed E-state index contributed by atoms with van der Waals surface area (Å²) in [5, 5.41) is 6.32. The quantitative estimate of drug-likeness (QED) is 0.321. The van der Waals surface area contributed by atoms with Crippen LogP contribution in [0.3, 0.4) is 0 Å². The Morgan fingerprint density at radius 2 is 1.84 bits per heavy atom. The van der Waals surface area contributed by atoms with Crippen LogP contribution in [0.1, 0.15) is 12.5 Å². The topological polar surface area (TPSA) is 89.0 Å². The van der Waals surface area contributed by atoms with E-state index in [-0.39, 0.29) is 12.4 Å². The van der Waals surface area contributed by atoms with Crippen LogP contribution in [0, 0.1) is 0 Å². The minimum Gasteiger partial charge on any atom is -0.378 e. The highest BCUT2D eigenvalue weighted by Crippen LogP contribution is 1.99. The number of nitrogens with zero attached hydrogens (tertiary/aromatic N) is 1. The van der Waals surface area contributed by atoms with E-state index >= 15 is 0 Å². The lowest BCUT2D eigenvalue weighted by Crippen LogP contribution is -2.39. The number of hydrogen-bond acceptors (Lipinski definition) is 5. The first-order chi connectivity index (χ1) is 12.0. The second kappa shape index (κ2) is 12.7. The first-order valence-electron chi connectivity index (χ1n) is 8.40. The van der Waals surface area contributed by atoms with Crippen LogP contribution in [0.4, 0.5) is 0 Å². The highest BCUT2D eigenvalue weighted by molar-refractivity contribution is 7.90. The lowest BCUT2D eigenvalue weighted by Gasteiger charge is -2.11. The van der Waals surface area contributed by atoms with Gasteiger partial charge >= 0.3 is 0 Å². The minimum atomic E-state index is -2.97. The maximum absolute atomic E-state index is 11.0. The standard InChI is InChI=1S/C17H29N3O4S/c1-3-18-17(19-9-11-23-13-14-25(2,21)22)20-10-12-24-15-16-7-5-4-6-8-16/h4-8H,3,9-15H2,1-2H3,(H2,18,19,20). The van der Waals surface area contributed by atoms with Crippen molar-refractivity contribution in [3.05, 3.63) is 35.9 Å². The molecule has 2 N–H and O–H groups in total. The van der Waals surface area contributed by atoms with Gasteiger partial charge in [-0.3, -0.25) is 4.99 Å². The van der Waals surface area contributed by atoms with Crippen molar-refractivity contribution >= 4 is 15.8 Å². The Morgan fingerprint density at radius 3 is 2.52 bits per heavy atom. The predicted molar refractivity (Wildman–Crippen MR) is 101 cm³/mol. The molecule has 0 saturated heterocycles. The number of hydrogen-bond donors (Lipinski definition) is 2. The van der Waals surface area contributed by atoms with Gasteiger partial charge in [-0.05, 0) is 12.5 Å². The average molecular weight is 372 g/mol. The molecular weight excluding hydrogens is 342 g/mol. The minimum absolute atomic E-state index is 0.0355. The van der Waals surface area contributed by atoms with Crippen molar-refractivity contribution in [2.24, 2.45) is 4.99 Å². The molecular formula is C17H29N3O4S. The number of guanidine groups is 1. The van der Waals surface area contributed by atoms with E-state index in [0.29, 0.717) is 38.9 Å². The number of nitrogens with one attached hydrogen (secondary N) is 2. The molecule has 0 spiro atoms. The molecule has 0 saturated carbocycles. The Kier molecular flexibility index (Phi) is 10.9. The molecule has 1 aromatic rings. The SMILES string of the molecule is CCNC(=NCCOCCS(C)(=O)=O)NCCOCc1ccccc1. The van der Waals surface area contributed by atoms with Crippen molar-refractivity contribution in [2.45, 2.75) is 13.5 Å². The Bertz CT molecular complexity index is 591. The van der Waals surface area contributed by atoms with Crippen LogP contribution in [-0.2, 0) is 25.9 Å². The Hall–Kier alpha value is -1.64. The monoisotopic (exact) mass is 371 g/mol. The summed E-state index contributed by atoms with van der Waals surface area (Å²) >= 11 is 0. The van der Waals surface area contributed by atoms with Gasteiger partial charge in [0.2, 0.25) is 0 Å². The van der Waals surface area contributed by atoms with E-state index in [9.17, 15) is 8.42 Å². The smallest absolute Gasteiger partial charge is 0.191 e. The Balaban J connectivity index is 2.15. The van der Waals surface area contributed by atoms with Gasteiger partial charge in [-0.1, -0.05) is 30.3 Å². The van der Waals surface area contributed by atoms with Crippen LogP contribution >= 0.6 is 0 Å². The number of aliphatic imine (C=N–C) groups is 1. The maximum atomic E-state index is 11.0. The van der Waals surface area contributed by atoms with Crippen molar-refractivity contribution in [2.75, 3.05) is 51.5 Å². The second-order valence-electron chi connectivity index (χ2n) is 5.47. The van der Waals surface area contributed by atoms with Crippen LogP contribution < -0.4 is 10.6 Å². The molecule has 0 unspecified atom stereocenters. The zero-order chi connectivity index (χ0) is 18.4. The molecule has 7 nitrogen and oxygen atoms in total. The van der Waals surface area contributed by atoms with Crippen molar-refractivity contribution < 1.29 is 17.9 Å². The van der Waals surface area contributed by atoms with Crippen molar-refractivity contribution in [1.82, 2.24) is 10.6 Å². The van der Waals surface area contributed by atoms with Crippen molar-refractivity contribution in [3.8, 4) is 0 Å². The number of sulfone groups is 1. The molecule has 0 aliphatic heterocycles. The van der Waals surface area contributed by atoms with Crippen molar-refractivity contribution in [3.63, 3.8) is 0 Å². The summed E-state index contributed by atoms with van der Waals surface area (Å²) in [6.07, 6.45) is 1.20. The maximum Gasteiger partial charge on any atom is 0.191 e. The first kappa shape index (κ1) is 21.4. The fourth-order valence-corrected chi connectivity index (χ4v) is 2.30. The summed E-state index contributed by atoms with van der Waals surface area (Å²) < 4.78 is 32.8. The molecule has 1 rings (SSSR count). The lowest BCUT2D eigenvalue weighted by molar-refractivity contribution is 0.125. The predicted octanol–water partition coefficient (Wildman–Crippen LogP) is 0.820. The zero-order valence-corrected chi connectivity index (χ0v) is 15.8. The van der Waals surface area contributed by atoms with Crippen LogP contribution in [0.25, 0.3) is 0 Å². The molecule has 0 aliphatic rings. The second-order valence-corrected chi connectivity index (χ2v) is 7.73. The van der Waals surface area contributed by atoms with Crippen LogP contribution in [-0.4, -0.2) is 65.8 Å². The Labute approximate surface area is 150 Å². The summed E-state index contributed by atoms with van der Waals surface area (Å²) in [5.41, 5.74) is 1.15. The van der Waals surface area contributed by atoms with E-state index in [4.69, 9.17) is 9.47 Å². The fraction of sp³-hybridized carbons (Fsp3) is 0.588. The van der Waals surface area contributed by atoms with Crippen LogP contribution in [0.15, 0.2) is 35.3 Å². The first-order valence-corrected chi connectivity index (χ1v) is 10.5. The summed E-state index contributed by atoms with van der Waals surface area (Å²) in [7, 11) is -2.97. The molecule has 0 radical (unpaired) electrons. The summed E-state index contributed by atoms with van der Waals surface area (Å²) in [6.45, 7) is 5.60. The number of benzene rings is 1. The van der Waals surface area contributed by atoms with Crippen LogP contribution in [0.2, 0.25) is 0 Å². The van der Waals surface area contributed by atoms with E-state index in [1.807, 2.05) is 37.3 Å². The highest BCUT2D eigenvalue weighted by atomic mass is 32.2. The summed E-state index contributed by atoms with van der Waals surface area (Å²) in [5.74, 6) is 0.728. The zero-order valence-electron chi connectivity index (χ0n) is 15.0. The Morgan fingerprint density at radius 1 is 1.08 bits per heavy atom. The molecule has 142 valence electrons. The van der Waals surface area contributed by atoms with Gasteiger partial charge in [0.05, 0.1) is 38.7 Å². The summed E-state index contributed by atoms with van der Waals surface area (Å²) in [6, 6.07) is 10.0. The van der Waals surface area contributed by atoms with E-state index in [1.165, 1.54) is 6.26 Å². The van der Waals surface area contributed by atoms with Gasteiger partial charge in [0, 0.05) is 19.3 Å². The third kappa shape index (κ3) is 12.4. The third-order valence-corrected chi connectivity index (χ3v) is 4.01. The average Bonchev–Trinajstić information content (AvgIpc) is 2.57. The van der Waals surface area contributed by atoms with Crippen molar-refractivity contribution in [1.29, 1.82) is 0 Å². The summed E-state index contributed by atoms with van der Waals surface area (Å²) in [4.78, 5) is 4.37. The lowest BCUT2D eigenvalue weighted by atomic mass is 10.2. The van der Waals surface area contributed by atoms with Gasteiger partial charge < -0.3 is 20.1 Å². The van der Waals surface area contributed by atoms with Gasteiger partial charge in [0.15, 0.2) is 5.96 Å². The molecule has 1 aromatic carbocycles.